The molecule has 0 bridgehead atoms. The number of carbonyl (C=O) groups is 1. The summed E-state index contributed by atoms with van der Waals surface area (Å²) in [6.07, 6.45) is 11.8. The quantitative estimate of drug-likeness (QED) is 0.246. The molecule has 182 valence electrons. The van der Waals surface area contributed by atoms with Gasteiger partial charge in [0, 0.05) is 6.42 Å². The van der Waals surface area contributed by atoms with Crippen molar-refractivity contribution in [2.45, 2.75) is 89.4 Å². The number of rotatable bonds is 17. The van der Waals surface area contributed by atoms with Gasteiger partial charge in [-0.2, -0.15) is 0 Å². The van der Waals surface area contributed by atoms with Crippen LogP contribution in [-0.2, 0) is 4.79 Å². The van der Waals surface area contributed by atoms with Gasteiger partial charge in [0.05, 0.1) is 14.2 Å². The van der Waals surface area contributed by atoms with Gasteiger partial charge in [0.1, 0.15) is 11.5 Å². The fourth-order valence-electron chi connectivity index (χ4n) is 4.76. The normalized spacial score (nSPS) is 12.8. The molecule has 0 heterocycles. The Morgan fingerprint density at radius 1 is 0.697 bits per heavy atom. The topological polar surface area (TPSA) is 55.8 Å². The summed E-state index contributed by atoms with van der Waals surface area (Å²) < 4.78 is 10.7. The van der Waals surface area contributed by atoms with Crippen molar-refractivity contribution in [2.24, 2.45) is 0 Å². The van der Waals surface area contributed by atoms with Crippen LogP contribution in [0.4, 0.5) is 0 Å². The number of carboxylic acids is 1. The molecule has 2 unspecified atom stereocenters. The summed E-state index contributed by atoms with van der Waals surface area (Å²) in [6, 6.07) is 17.2. The first-order chi connectivity index (χ1) is 16.1. The molecular weight excluding hydrogens is 412 g/mol. The van der Waals surface area contributed by atoms with Gasteiger partial charge in [-0.1, -0.05) is 76.1 Å². The van der Waals surface area contributed by atoms with Crippen molar-refractivity contribution in [3.63, 3.8) is 0 Å². The lowest BCUT2D eigenvalue weighted by Gasteiger charge is -2.28. The van der Waals surface area contributed by atoms with Crippen LogP contribution in [0.1, 0.15) is 101 Å². The highest BCUT2D eigenvalue weighted by molar-refractivity contribution is 5.66. The largest absolute Gasteiger partial charge is 0.497 e. The second kappa shape index (κ2) is 15.4. The van der Waals surface area contributed by atoms with Gasteiger partial charge in [0.25, 0.3) is 0 Å². The smallest absolute Gasteiger partial charge is 0.303 e. The van der Waals surface area contributed by atoms with Gasteiger partial charge >= 0.3 is 5.97 Å². The van der Waals surface area contributed by atoms with E-state index in [0.29, 0.717) is 18.3 Å². The summed E-state index contributed by atoms with van der Waals surface area (Å²) in [5.74, 6) is 2.07. The van der Waals surface area contributed by atoms with Gasteiger partial charge in [-0.3, -0.25) is 4.79 Å². The average molecular weight is 455 g/mol. The highest BCUT2D eigenvalue weighted by Gasteiger charge is 2.23. The summed E-state index contributed by atoms with van der Waals surface area (Å²) in [5.41, 5.74) is 2.76. The third kappa shape index (κ3) is 9.49. The van der Waals surface area contributed by atoms with Crippen LogP contribution in [0.2, 0.25) is 0 Å². The van der Waals surface area contributed by atoms with E-state index >= 15 is 0 Å². The Morgan fingerprint density at radius 2 is 1.12 bits per heavy atom. The SMILES string of the molecule is CCC(c1ccc(OC)cc1)C(CCCCCCCCCCC(=O)O)c1ccc(OC)cc1. The molecule has 0 radical (unpaired) electrons. The second-order valence-electron chi connectivity index (χ2n) is 8.93. The molecule has 0 amide bonds. The van der Waals surface area contributed by atoms with E-state index in [2.05, 4.69) is 55.5 Å². The number of carboxylic acid groups (broad SMARTS) is 1. The van der Waals surface area contributed by atoms with Crippen molar-refractivity contribution in [1.82, 2.24) is 0 Å². The molecule has 2 aromatic rings. The predicted molar refractivity (Wildman–Crippen MR) is 136 cm³/mol. The molecule has 0 spiro atoms. The van der Waals surface area contributed by atoms with Gasteiger partial charge < -0.3 is 14.6 Å². The minimum atomic E-state index is -0.679. The molecule has 33 heavy (non-hydrogen) atoms. The molecule has 2 rings (SSSR count). The number of hydrogen-bond donors (Lipinski definition) is 1. The second-order valence-corrected chi connectivity index (χ2v) is 8.93. The van der Waals surface area contributed by atoms with Gasteiger partial charge in [0.2, 0.25) is 0 Å². The van der Waals surface area contributed by atoms with E-state index in [0.717, 1.165) is 37.2 Å². The summed E-state index contributed by atoms with van der Waals surface area (Å²) in [5, 5.41) is 8.71. The van der Waals surface area contributed by atoms with Gasteiger partial charge in [0.15, 0.2) is 0 Å². The van der Waals surface area contributed by atoms with Crippen LogP contribution in [0.15, 0.2) is 48.5 Å². The fourth-order valence-corrected chi connectivity index (χ4v) is 4.76. The number of ether oxygens (including phenoxy) is 2. The molecule has 0 saturated carbocycles. The van der Waals surface area contributed by atoms with Crippen molar-refractivity contribution in [3.8, 4) is 11.5 Å². The van der Waals surface area contributed by atoms with Crippen LogP contribution >= 0.6 is 0 Å². The minimum absolute atomic E-state index is 0.305. The first-order valence-corrected chi connectivity index (χ1v) is 12.6. The molecular formula is C29H42O4. The standard InChI is InChI=1S/C29H42O4/c1-4-27(23-15-19-25(32-2)20-16-23)28(24-17-21-26(33-3)22-18-24)13-11-9-7-5-6-8-10-12-14-29(30)31/h15-22,27-28H,4-14H2,1-3H3,(H,30,31). The Morgan fingerprint density at radius 3 is 1.55 bits per heavy atom. The van der Waals surface area contributed by atoms with E-state index in [1.165, 1.54) is 49.7 Å². The van der Waals surface area contributed by atoms with Crippen molar-refractivity contribution >= 4 is 5.97 Å². The molecule has 4 heteroatoms. The fraction of sp³-hybridized carbons (Fsp3) is 0.552. The van der Waals surface area contributed by atoms with Gasteiger partial charge in [-0.05, 0) is 66.5 Å². The Balaban J connectivity index is 1.92. The van der Waals surface area contributed by atoms with Crippen LogP contribution in [0.25, 0.3) is 0 Å². The van der Waals surface area contributed by atoms with Crippen LogP contribution in [0.5, 0.6) is 11.5 Å². The van der Waals surface area contributed by atoms with E-state index in [4.69, 9.17) is 14.6 Å². The zero-order valence-electron chi connectivity index (χ0n) is 20.7. The van der Waals surface area contributed by atoms with E-state index < -0.39 is 5.97 Å². The third-order valence-corrected chi connectivity index (χ3v) is 6.67. The lowest BCUT2D eigenvalue weighted by molar-refractivity contribution is -0.137. The van der Waals surface area contributed by atoms with E-state index in [1.807, 2.05) is 0 Å². The van der Waals surface area contributed by atoms with E-state index in [9.17, 15) is 4.79 Å². The Bertz CT molecular complexity index is 782. The number of aliphatic carboxylic acids is 1. The van der Waals surface area contributed by atoms with Crippen molar-refractivity contribution < 1.29 is 19.4 Å². The Hall–Kier alpha value is -2.49. The first kappa shape index (κ1) is 26.8. The summed E-state index contributed by atoms with van der Waals surface area (Å²) in [6.45, 7) is 2.29. The number of hydrogen-bond acceptors (Lipinski definition) is 3. The zero-order valence-corrected chi connectivity index (χ0v) is 20.7. The number of unbranched alkanes of at least 4 members (excludes halogenated alkanes) is 7. The molecule has 0 aliphatic carbocycles. The number of methoxy groups -OCH3 is 2. The maximum Gasteiger partial charge on any atom is 0.303 e. The van der Waals surface area contributed by atoms with Crippen LogP contribution in [-0.4, -0.2) is 25.3 Å². The van der Waals surface area contributed by atoms with Crippen LogP contribution in [0.3, 0.4) is 0 Å². The van der Waals surface area contributed by atoms with Gasteiger partial charge in [-0.25, -0.2) is 0 Å². The van der Waals surface area contributed by atoms with Crippen LogP contribution in [0, 0.1) is 0 Å². The number of benzene rings is 2. The monoisotopic (exact) mass is 454 g/mol. The summed E-state index contributed by atoms with van der Waals surface area (Å²) >= 11 is 0. The maximum atomic E-state index is 10.6. The third-order valence-electron chi connectivity index (χ3n) is 6.67. The highest BCUT2D eigenvalue weighted by Crippen LogP contribution is 2.40. The zero-order chi connectivity index (χ0) is 23.9. The van der Waals surface area contributed by atoms with Gasteiger partial charge in [-0.15, -0.1) is 0 Å². The summed E-state index contributed by atoms with van der Waals surface area (Å²) in [7, 11) is 3.42. The molecule has 4 nitrogen and oxygen atoms in total. The molecule has 2 atom stereocenters. The van der Waals surface area contributed by atoms with E-state index in [1.54, 1.807) is 14.2 Å². The molecule has 0 fully saturated rings. The summed E-state index contributed by atoms with van der Waals surface area (Å²) in [4.78, 5) is 10.6. The molecule has 0 saturated heterocycles. The maximum absolute atomic E-state index is 10.6. The highest BCUT2D eigenvalue weighted by atomic mass is 16.5. The van der Waals surface area contributed by atoms with Crippen molar-refractivity contribution in [2.75, 3.05) is 14.2 Å². The lowest BCUT2D eigenvalue weighted by atomic mass is 9.77. The molecule has 0 aromatic heterocycles. The molecule has 1 N–H and O–H groups in total. The van der Waals surface area contributed by atoms with Crippen molar-refractivity contribution in [1.29, 1.82) is 0 Å². The van der Waals surface area contributed by atoms with Crippen LogP contribution < -0.4 is 9.47 Å². The van der Waals surface area contributed by atoms with E-state index in [-0.39, 0.29) is 0 Å². The molecule has 2 aromatic carbocycles. The molecule has 0 aliphatic rings. The average Bonchev–Trinajstić information content (AvgIpc) is 2.84. The van der Waals surface area contributed by atoms with Crippen molar-refractivity contribution in [3.05, 3.63) is 59.7 Å². The Kier molecular flexibility index (Phi) is 12.5. The predicted octanol–water partition coefficient (Wildman–Crippen LogP) is 7.97. The first-order valence-electron chi connectivity index (χ1n) is 12.6. The Labute approximate surface area is 200 Å². The lowest BCUT2D eigenvalue weighted by Crippen LogP contribution is -2.11. The minimum Gasteiger partial charge on any atom is -0.497 e. The molecule has 0 aliphatic heterocycles.